The largest absolute Gasteiger partial charge is 0.416 e. The van der Waals surface area contributed by atoms with Gasteiger partial charge in [0.15, 0.2) is 0 Å². The maximum Gasteiger partial charge on any atom is 0.416 e. The predicted octanol–water partition coefficient (Wildman–Crippen LogP) is 3.83. The second-order valence-electron chi connectivity index (χ2n) is 6.35. The fourth-order valence-corrected chi connectivity index (χ4v) is 3.23. The normalized spacial score (nSPS) is 17.2. The molecule has 1 N–H and O–H groups in total. The van der Waals surface area contributed by atoms with E-state index < -0.39 is 17.6 Å². The highest BCUT2D eigenvalue weighted by atomic mass is 19.4. The molecule has 0 saturated carbocycles. The number of rotatable bonds is 1. The number of hydrogen-bond acceptors (Lipinski definition) is 3. The summed E-state index contributed by atoms with van der Waals surface area (Å²) in [4.78, 5) is 32.0. The SMILES string of the molecule is O=C1NCCN1C1=Nc2ccc(C(F)(F)F)cc2N(c2ccccc2)C(=O)C1. The molecule has 4 rings (SSSR count). The summed E-state index contributed by atoms with van der Waals surface area (Å²) in [6.45, 7) is 0.751. The van der Waals surface area contributed by atoms with Crippen LogP contribution < -0.4 is 10.2 Å². The van der Waals surface area contributed by atoms with Gasteiger partial charge in [0, 0.05) is 18.8 Å². The second kappa shape index (κ2) is 6.66. The topological polar surface area (TPSA) is 65.0 Å². The average Bonchev–Trinajstić information content (AvgIpc) is 3.02. The summed E-state index contributed by atoms with van der Waals surface area (Å²) in [6.07, 6.45) is -4.77. The molecule has 2 aromatic carbocycles. The fraction of sp³-hybridized carbons (Fsp3) is 0.211. The van der Waals surface area contributed by atoms with E-state index in [2.05, 4.69) is 10.3 Å². The molecule has 1 saturated heterocycles. The Kier molecular flexibility index (Phi) is 4.29. The van der Waals surface area contributed by atoms with Gasteiger partial charge in [-0.1, -0.05) is 18.2 Å². The van der Waals surface area contributed by atoms with Crippen molar-refractivity contribution in [2.24, 2.45) is 4.99 Å². The highest BCUT2D eigenvalue weighted by Gasteiger charge is 2.35. The van der Waals surface area contributed by atoms with Crippen LogP contribution in [0.25, 0.3) is 0 Å². The summed E-state index contributed by atoms with van der Waals surface area (Å²) < 4.78 is 39.8. The van der Waals surface area contributed by atoms with Crippen molar-refractivity contribution in [3.8, 4) is 0 Å². The van der Waals surface area contributed by atoms with Gasteiger partial charge < -0.3 is 5.32 Å². The van der Waals surface area contributed by atoms with Gasteiger partial charge in [0.05, 0.1) is 23.4 Å². The lowest BCUT2D eigenvalue weighted by Gasteiger charge is -2.23. The van der Waals surface area contributed by atoms with Gasteiger partial charge in [0.25, 0.3) is 0 Å². The molecule has 0 bridgehead atoms. The minimum atomic E-state index is -4.56. The van der Waals surface area contributed by atoms with E-state index in [-0.39, 0.29) is 29.7 Å². The number of urea groups is 1. The first-order chi connectivity index (χ1) is 13.3. The van der Waals surface area contributed by atoms with Crippen LogP contribution in [0.1, 0.15) is 12.0 Å². The van der Waals surface area contributed by atoms with E-state index in [1.54, 1.807) is 30.3 Å². The number of carbonyl (C=O) groups is 2. The van der Waals surface area contributed by atoms with Crippen LogP contribution in [-0.2, 0) is 11.0 Å². The van der Waals surface area contributed by atoms with Crippen molar-refractivity contribution in [1.82, 2.24) is 10.2 Å². The van der Waals surface area contributed by atoms with E-state index in [0.717, 1.165) is 12.1 Å². The number of alkyl halides is 3. The minimum absolute atomic E-state index is 0.0284. The highest BCUT2D eigenvalue weighted by Crippen LogP contribution is 2.41. The Bertz CT molecular complexity index is 973. The van der Waals surface area contributed by atoms with E-state index in [4.69, 9.17) is 0 Å². The first-order valence-corrected chi connectivity index (χ1v) is 8.57. The van der Waals surface area contributed by atoms with Crippen LogP contribution in [0.5, 0.6) is 0 Å². The third-order valence-corrected chi connectivity index (χ3v) is 4.53. The van der Waals surface area contributed by atoms with Gasteiger partial charge in [0.1, 0.15) is 5.84 Å². The molecule has 0 unspecified atom stereocenters. The van der Waals surface area contributed by atoms with Crippen LogP contribution in [0, 0.1) is 0 Å². The number of nitrogens with one attached hydrogen (secondary N) is 1. The van der Waals surface area contributed by atoms with Crippen molar-refractivity contribution >= 4 is 34.8 Å². The molecule has 0 radical (unpaired) electrons. The Morgan fingerprint density at radius 2 is 1.79 bits per heavy atom. The summed E-state index contributed by atoms with van der Waals surface area (Å²) in [6, 6.07) is 11.1. The molecule has 0 spiro atoms. The van der Waals surface area contributed by atoms with E-state index in [1.807, 2.05) is 0 Å². The number of benzene rings is 2. The van der Waals surface area contributed by atoms with Crippen molar-refractivity contribution in [2.45, 2.75) is 12.6 Å². The highest BCUT2D eigenvalue weighted by molar-refractivity contribution is 6.17. The molecular formula is C19H15F3N4O2. The summed E-state index contributed by atoms with van der Waals surface area (Å²) in [5.41, 5.74) is -0.231. The van der Waals surface area contributed by atoms with E-state index in [9.17, 15) is 22.8 Å². The standard InChI is InChI=1S/C19H15F3N4O2/c20-19(21,22)12-6-7-14-15(10-12)26(13-4-2-1-3-5-13)17(27)11-16(24-14)25-9-8-23-18(25)28/h1-7,10H,8-9,11H2,(H,23,28). The molecule has 1 fully saturated rings. The first-order valence-electron chi connectivity index (χ1n) is 8.57. The Hall–Kier alpha value is -3.36. The molecule has 28 heavy (non-hydrogen) atoms. The van der Waals surface area contributed by atoms with Crippen molar-refractivity contribution in [3.05, 3.63) is 54.1 Å². The Morgan fingerprint density at radius 1 is 1.04 bits per heavy atom. The maximum atomic E-state index is 13.3. The van der Waals surface area contributed by atoms with E-state index in [1.165, 1.54) is 15.9 Å². The lowest BCUT2D eigenvalue weighted by atomic mass is 10.1. The third-order valence-electron chi connectivity index (χ3n) is 4.53. The van der Waals surface area contributed by atoms with Crippen molar-refractivity contribution in [3.63, 3.8) is 0 Å². The van der Waals surface area contributed by atoms with E-state index >= 15 is 0 Å². The molecule has 2 aliphatic rings. The molecule has 0 aliphatic carbocycles. The van der Waals surface area contributed by atoms with Gasteiger partial charge in [0.2, 0.25) is 5.91 Å². The Balaban J connectivity index is 1.88. The van der Waals surface area contributed by atoms with Crippen LogP contribution in [-0.4, -0.2) is 35.8 Å². The third kappa shape index (κ3) is 3.19. The fourth-order valence-electron chi connectivity index (χ4n) is 3.23. The number of hydrogen-bond donors (Lipinski definition) is 1. The average molecular weight is 388 g/mol. The number of halogens is 3. The summed E-state index contributed by atoms with van der Waals surface area (Å²) in [7, 11) is 0. The zero-order chi connectivity index (χ0) is 19.9. The van der Waals surface area contributed by atoms with Crippen LogP contribution in [0.4, 0.5) is 35.0 Å². The zero-order valence-electron chi connectivity index (χ0n) is 14.5. The van der Waals surface area contributed by atoms with Gasteiger partial charge >= 0.3 is 12.2 Å². The van der Waals surface area contributed by atoms with Crippen molar-refractivity contribution < 1.29 is 22.8 Å². The maximum absolute atomic E-state index is 13.3. The number of para-hydroxylation sites is 1. The molecule has 9 heteroatoms. The molecule has 2 heterocycles. The van der Waals surface area contributed by atoms with Crippen LogP contribution in [0.2, 0.25) is 0 Å². The van der Waals surface area contributed by atoms with Crippen LogP contribution in [0.15, 0.2) is 53.5 Å². The lowest BCUT2D eigenvalue weighted by molar-refractivity contribution is -0.137. The van der Waals surface area contributed by atoms with Gasteiger partial charge in [-0.25, -0.2) is 9.79 Å². The quantitative estimate of drug-likeness (QED) is 0.807. The van der Waals surface area contributed by atoms with Crippen molar-refractivity contribution in [2.75, 3.05) is 18.0 Å². The number of amidine groups is 1. The lowest BCUT2D eigenvalue weighted by Crippen LogP contribution is -2.37. The van der Waals surface area contributed by atoms with Crippen LogP contribution in [0.3, 0.4) is 0 Å². The van der Waals surface area contributed by atoms with Gasteiger partial charge in [-0.05, 0) is 30.3 Å². The van der Waals surface area contributed by atoms with Crippen molar-refractivity contribution in [1.29, 1.82) is 0 Å². The Morgan fingerprint density at radius 3 is 2.43 bits per heavy atom. The zero-order valence-corrected chi connectivity index (χ0v) is 14.5. The summed E-state index contributed by atoms with van der Waals surface area (Å²) in [5, 5.41) is 2.63. The number of carbonyl (C=O) groups excluding carboxylic acids is 2. The molecule has 0 atom stereocenters. The molecule has 0 aromatic heterocycles. The smallest absolute Gasteiger partial charge is 0.336 e. The predicted molar refractivity (Wildman–Crippen MR) is 96.8 cm³/mol. The Labute approximate surface area is 158 Å². The van der Waals surface area contributed by atoms with Gasteiger partial charge in [-0.3, -0.25) is 14.6 Å². The monoisotopic (exact) mass is 388 g/mol. The number of nitrogens with zero attached hydrogens (tertiary/aromatic N) is 3. The first kappa shape index (κ1) is 18.0. The molecule has 2 aliphatic heterocycles. The number of anilines is 2. The molecular weight excluding hydrogens is 373 g/mol. The minimum Gasteiger partial charge on any atom is -0.336 e. The second-order valence-corrected chi connectivity index (χ2v) is 6.35. The summed E-state index contributed by atoms with van der Waals surface area (Å²) >= 11 is 0. The number of amides is 3. The molecule has 2 aromatic rings. The van der Waals surface area contributed by atoms with E-state index in [0.29, 0.717) is 18.8 Å². The van der Waals surface area contributed by atoms with Gasteiger partial charge in [-0.2, -0.15) is 13.2 Å². The van der Waals surface area contributed by atoms with Gasteiger partial charge in [-0.15, -0.1) is 0 Å². The molecule has 6 nitrogen and oxygen atoms in total. The molecule has 144 valence electrons. The number of fused-ring (bicyclic) bond motifs is 1. The summed E-state index contributed by atoms with van der Waals surface area (Å²) in [5.74, 6) is -0.262. The number of aliphatic imine (C=N–C) groups is 1. The van der Waals surface area contributed by atoms with Crippen LogP contribution >= 0.6 is 0 Å². The molecule has 3 amide bonds.